The minimum absolute atomic E-state index is 0.0328. The van der Waals surface area contributed by atoms with Crippen LogP contribution in [0.2, 0.25) is 0 Å². The molecule has 3 unspecified atom stereocenters. The van der Waals surface area contributed by atoms with Gasteiger partial charge in [-0.15, -0.1) is 0 Å². The molecule has 0 aromatic heterocycles. The molecule has 1 amide bonds. The van der Waals surface area contributed by atoms with Gasteiger partial charge in [0.05, 0.1) is 6.04 Å². The summed E-state index contributed by atoms with van der Waals surface area (Å²) in [6, 6.07) is -0.00318. The third-order valence-corrected chi connectivity index (χ3v) is 4.01. The van der Waals surface area contributed by atoms with E-state index in [0.717, 1.165) is 25.2 Å². The van der Waals surface area contributed by atoms with Crippen molar-refractivity contribution in [1.82, 2.24) is 5.32 Å². The molecule has 0 radical (unpaired) electrons. The number of hydrogen-bond donors (Lipinski definition) is 2. The molecule has 0 aromatic carbocycles. The van der Waals surface area contributed by atoms with Crippen LogP contribution in [0.1, 0.15) is 53.4 Å². The molecule has 1 aliphatic rings. The monoisotopic (exact) mass is 240 g/mol. The second-order valence-corrected chi connectivity index (χ2v) is 6.21. The van der Waals surface area contributed by atoms with E-state index in [9.17, 15) is 4.79 Å². The summed E-state index contributed by atoms with van der Waals surface area (Å²) in [4.78, 5) is 11.9. The molecule has 1 rings (SSSR count). The summed E-state index contributed by atoms with van der Waals surface area (Å²) in [7, 11) is 0. The molecule has 100 valence electrons. The van der Waals surface area contributed by atoms with Crippen LogP contribution in [0.25, 0.3) is 0 Å². The molecule has 17 heavy (non-hydrogen) atoms. The summed E-state index contributed by atoms with van der Waals surface area (Å²) in [5.41, 5.74) is 5.89. The third-order valence-electron chi connectivity index (χ3n) is 4.01. The summed E-state index contributed by atoms with van der Waals surface area (Å²) in [6.45, 7) is 8.76. The summed E-state index contributed by atoms with van der Waals surface area (Å²) in [5, 5.41) is 3.11. The van der Waals surface area contributed by atoms with Crippen molar-refractivity contribution in [3.8, 4) is 0 Å². The Morgan fingerprint density at radius 2 is 1.94 bits per heavy atom. The first-order chi connectivity index (χ1) is 7.90. The molecule has 0 aliphatic heterocycles. The van der Waals surface area contributed by atoms with Crippen LogP contribution in [-0.2, 0) is 4.79 Å². The Morgan fingerprint density at radius 3 is 2.47 bits per heavy atom. The number of carbonyl (C=O) groups excluding carboxylic acids is 1. The van der Waals surface area contributed by atoms with Crippen molar-refractivity contribution in [2.45, 2.75) is 65.5 Å². The zero-order chi connectivity index (χ0) is 13.0. The van der Waals surface area contributed by atoms with Gasteiger partial charge >= 0.3 is 0 Å². The fraction of sp³-hybridized carbons (Fsp3) is 0.929. The zero-order valence-electron chi connectivity index (χ0n) is 11.7. The molecule has 0 saturated heterocycles. The molecule has 4 atom stereocenters. The highest BCUT2D eigenvalue weighted by Gasteiger charge is 2.26. The Balaban J connectivity index is 2.36. The van der Waals surface area contributed by atoms with Crippen molar-refractivity contribution < 1.29 is 4.79 Å². The molecule has 0 aromatic rings. The summed E-state index contributed by atoms with van der Waals surface area (Å²) < 4.78 is 0. The smallest absolute Gasteiger partial charge is 0.237 e. The van der Waals surface area contributed by atoms with Crippen LogP contribution < -0.4 is 11.1 Å². The molecule has 0 spiro atoms. The van der Waals surface area contributed by atoms with Crippen LogP contribution in [0, 0.1) is 17.8 Å². The highest BCUT2D eigenvalue weighted by molar-refractivity contribution is 5.81. The minimum Gasteiger partial charge on any atom is -0.352 e. The van der Waals surface area contributed by atoms with Gasteiger partial charge in [-0.2, -0.15) is 0 Å². The molecule has 1 aliphatic carbocycles. The fourth-order valence-corrected chi connectivity index (χ4v) is 2.60. The Morgan fingerprint density at radius 1 is 1.29 bits per heavy atom. The van der Waals surface area contributed by atoms with E-state index in [1.165, 1.54) is 6.42 Å². The van der Waals surface area contributed by atoms with E-state index < -0.39 is 0 Å². The van der Waals surface area contributed by atoms with Crippen molar-refractivity contribution >= 4 is 5.91 Å². The number of rotatable bonds is 4. The largest absolute Gasteiger partial charge is 0.352 e. The van der Waals surface area contributed by atoms with Gasteiger partial charge in [-0.25, -0.2) is 0 Å². The molecule has 0 bridgehead atoms. The van der Waals surface area contributed by atoms with Gasteiger partial charge in [0.2, 0.25) is 5.91 Å². The fourth-order valence-electron chi connectivity index (χ4n) is 2.60. The standard InChI is InChI=1S/C14H28N2O/c1-9(2)7-13(15)14(17)16-12-6-5-10(3)11(4)8-12/h9-13H,5-8,15H2,1-4H3,(H,16,17)/t10?,11?,12?,13-/m0/s1. The average Bonchev–Trinajstić information content (AvgIpc) is 2.22. The van der Waals surface area contributed by atoms with E-state index >= 15 is 0 Å². The van der Waals surface area contributed by atoms with E-state index in [1.807, 2.05) is 0 Å². The maximum atomic E-state index is 11.9. The number of nitrogens with two attached hydrogens (primary N) is 1. The van der Waals surface area contributed by atoms with Crippen molar-refractivity contribution in [1.29, 1.82) is 0 Å². The number of carbonyl (C=O) groups is 1. The van der Waals surface area contributed by atoms with Crippen LogP contribution in [0.15, 0.2) is 0 Å². The summed E-state index contributed by atoms with van der Waals surface area (Å²) >= 11 is 0. The molecule has 1 saturated carbocycles. The number of hydrogen-bond acceptors (Lipinski definition) is 2. The second kappa shape index (κ2) is 6.39. The van der Waals surface area contributed by atoms with E-state index in [-0.39, 0.29) is 11.9 Å². The predicted molar refractivity (Wildman–Crippen MR) is 71.5 cm³/mol. The van der Waals surface area contributed by atoms with E-state index in [4.69, 9.17) is 5.73 Å². The van der Waals surface area contributed by atoms with E-state index in [0.29, 0.717) is 17.9 Å². The van der Waals surface area contributed by atoms with Crippen molar-refractivity contribution in [3.05, 3.63) is 0 Å². The Kier molecular flexibility index (Phi) is 5.44. The number of amides is 1. The van der Waals surface area contributed by atoms with Crippen molar-refractivity contribution in [3.63, 3.8) is 0 Å². The maximum Gasteiger partial charge on any atom is 0.237 e. The minimum atomic E-state index is -0.343. The normalized spacial score (nSPS) is 31.3. The molecule has 3 N–H and O–H groups in total. The number of nitrogens with one attached hydrogen (secondary N) is 1. The van der Waals surface area contributed by atoms with Gasteiger partial charge in [-0.05, 0) is 43.4 Å². The first-order valence-corrected chi connectivity index (χ1v) is 6.96. The first kappa shape index (κ1) is 14.5. The quantitative estimate of drug-likeness (QED) is 0.792. The topological polar surface area (TPSA) is 55.1 Å². The van der Waals surface area contributed by atoms with Gasteiger partial charge in [-0.3, -0.25) is 4.79 Å². The third kappa shape index (κ3) is 4.66. The maximum absolute atomic E-state index is 11.9. The lowest BCUT2D eigenvalue weighted by atomic mass is 9.79. The van der Waals surface area contributed by atoms with Gasteiger partial charge in [-0.1, -0.05) is 27.7 Å². The first-order valence-electron chi connectivity index (χ1n) is 6.96. The summed E-state index contributed by atoms with van der Waals surface area (Å²) in [5.74, 6) is 1.99. The molecule has 0 heterocycles. The van der Waals surface area contributed by atoms with Gasteiger partial charge < -0.3 is 11.1 Å². The lowest BCUT2D eigenvalue weighted by Gasteiger charge is -2.33. The van der Waals surface area contributed by atoms with Crippen LogP contribution >= 0.6 is 0 Å². The zero-order valence-corrected chi connectivity index (χ0v) is 11.7. The SMILES string of the molecule is CC(C)C[C@H](N)C(=O)NC1CCC(C)C(C)C1. The van der Waals surface area contributed by atoms with Gasteiger partial charge in [0.15, 0.2) is 0 Å². The van der Waals surface area contributed by atoms with Crippen LogP contribution in [0.4, 0.5) is 0 Å². The van der Waals surface area contributed by atoms with Crippen LogP contribution in [0.3, 0.4) is 0 Å². The second-order valence-electron chi connectivity index (χ2n) is 6.21. The lowest BCUT2D eigenvalue weighted by Crippen LogP contribution is -2.47. The average molecular weight is 240 g/mol. The highest BCUT2D eigenvalue weighted by Crippen LogP contribution is 2.29. The molecule has 1 fully saturated rings. The molecule has 3 nitrogen and oxygen atoms in total. The van der Waals surface area contributed by atoms with Gasteiger partial charge in [0, 0.05) is 6.04 Å². The highest BCUT2D eigenvalue weighted by atomic mass is 16.2. The van der Waals surface area contributed by atoms with Crippen LogP contribution in [-0.4, -0.2) is 18.0 Å². The van der Waals surface area contributed by atoms with Gasteiger partial charge in [0.25, 0.3) is 0 Å². The van der Waals surface area contributed by atoms with E-state index in [2.05, 4.69) is 33.0 Å². The molecular formula is C14H28N2O. The lowest BCUT2D eigenvalue weighted by molar-refractivity contribution is -0.123. The molecular weight excluding hydrogens is 212 g/mol. The molecule has 3 heteroatoms. The Hall–Kier alpha value is -0.570. The van der Waals surface area contributed by atoms with Crippen molar-refractivity contribution in [2.75, 3.05) is 0 Å². The van der Waals surface area contributed by atoms with Crippen LogP contribution in [0.5, 0.6) is 0 Å². The van der Waals surface area contributed by atoms with E-state index in [1.54, 1.807) is 0 Å². The predicted octanol–water partition coefficient (Wildman–Crippen LogP) is 2.30. The van der Waals surface area contributed by atoms with Gasteiger partial charge in [0.1, 0.15) is 0 Å². The Labute approximate surface area is 106 Å². The Bertz CT molecular complexity index is 253. The summed E-state index contributed by atoms with van der Waals surface area (Å²) in [6.07, 6.45) is 4.18. The van der Waals surface area contributed by atoms with Crippen molar-refractivity contribution in [2.24, 2.45) is 23.5 Å².